The number of nitrogens with one attached hydrogen (secondary N) is 1. The van der Waals surface area contributed by atoms with Gasteiger partial charge in [0, 0.05) is 13.2 Å². The molecule has 1 aliphatic heterocycles. The number of carboxylic acid groups (broad SMARTS) is 1. The smallest absolute Gasteiger partial charge is 0.307 e. The summed E-state index contributed by atoms with van der Waals surface area (Å²) in [6, 6.07) is 5.84. The summed E-state index contributed by atoms with van der Waals surface area (Å²) >= 11 is 0. The lowest BCUT2D eigenvalue weighted by molar-refractivity contribution is -0.136. The molecule has 0 aliphatic carbocycles. The van der Waals surface area contributed by atoms with Crippen molar-refractivity contribution in [2.45, 2.75) is 30.3 Å². The highest BCUT2D eigenvalue weighted by Gasteiger charge is 2.20. The maximum absolute atomic E-state index is 12.0. The van der Waals surface area contributed by atoms with E-state index in [1.807, 2.05) is 0 Å². The van der Waals surface area contributed by atoms with Gasteiger partial charge in [0.15, 0.2) is 0 Å². The summed E-state index contributed by atoms with van der Waals surface area (Å²) in [7, 11) is -3.57. The minimum atomic E-state index is -3.57. The van der Waals surface area contributed by atoms with Crippen LogP contribution in [-0.4, -0.2) is 38.7 Å². The molecule has 0 spiro atoms. The lowest BCUT2D eigenvalue weighted by Gasteiger charge is -2.11. The van der Waals surface area contributed by atoms with Crippen molar-refractivity contribution in [2.24, 2.45) is 0 Å². The molecule has 1 unspecified atom stereocenters. The van der Waals surface area contributed by atoms with Crippen molar-refractivity contribution in [1.82, 2.24) is 4.72 Å². The third kappa shape index (κ3) is 4.03. The predicted molar refractivity (Wildman–Crippen MR) is 71.9 cm³/mol. The molecule has 0 saturated carbocycles. The van der Waals surface area contributed by atoms with Crippen molar-refractivity contribution in [1.29, 1.82) is 0 Å². The van der Waals surface area contributed by atoms with Crippen molar-refractivity contribution in [3.63, 3.8) is 0 Å². The third-order valence-electron chi connectivity index (χ3n) is 3.11. The summed E-state index contributed by atoms with van der Waals surface area (Å²) in [6.45, 7) is 0.940. The van der Waals surface area contributed by atoms with Crippen molar-refractivity contribution in [2.75, 3.05) is 13.2 Å². The normalized spacial score (nSPS) is 19.1. The minimum Gasteiger partial charge on any atom is -0.481 e. The number of hydrogen-bond acceptors (Lipinski definition) is 4. The van der Waals surface area contributed by atoms with Crippen molar-refractivity contribution in [3.8, 4) is 0 Å². The molecule has 2 N–H and O–H groups in total. The van der Waals surface area contributed by atoms with E-state index in [0.29, 0.717) is 12.2 Å². The molecule has 6 nitrogen and oxygen atoms in total. The lowest BCUT2D eigenvalue weighted by atomic mass is 10.2. The van der Waals surface area contributed by atoms with Crippen LogP contribution in [0.5, 0.6) is 0 Å². The van der Waals surface area contributed by atoms with Gasteiger partial charge in [0.05, 0.1) is 17.4 Å². The van der Waals surface area contributed by atoms with Crippen molar-refractivity contribution < 1.29 is 23.1 Å². The third-order valence-corrected chi connectivity index (χ3v) is 4.55. The van der Waals surface area contributed by atoms with E-state index < -0.39 is 16.0 Å². The molecule has 1 aromatic carbocycles. The van der Waals surface area contributed by atoms with Gasteiger partial charge < -0.3 is 9.84 Å². The van der Waals surface area contributed by atoms with E-state index in [4.69, 9.17) is 9.84 Å². The van der Waals surface area contributed by atoms with Gasteiger partial charge in [-0.25, -0.2) is 13.1 Å². The van der Waals surface area contributed by atoms with Gasteiger partial charge in [-0.15, -0.1) is 0 Å². The Bertz CT molecular complexity index is 561. The fraction of sp³-hybridized carbons (Fsp3) is 0.462. The molecule has 0 radical (unpaired) electrons. The van der Waals surface area contributed by atoms with Crippen LogP contribution in [0.3, 0.4) is 0 Å². The zero-order valence-electron chi connectivity index (χ0n) is 10.9. The van der Waals surface area contributed by atoms with Crippen LogP contribution in [-0.2, 0) is 26.0 Å². The average Bonchev–Trinajstić information content (AvgIpc) is 2.89. The molecule has 1 heterocycles. The van der Waals surface area contributed by atoms with Gasteiger partial charge in [0.2, 0.25) is 10.0 Å². The summed E-state index contributed by atoms with van der Waals surface area (Å²) < 4.78 is 31.9. The first-order chi connectivity index (χ1) is 9.47. The lowest BCUT2D eigenvalue weighted by Crippen LogP contribution is -2.31. The quantitative estimate of drug-likeness (QED) is 0.809. The highest BCUT2D eigenvalue weighted by Crippen LogP contribution is 2.14. The summed E-state index contributed by atoms with van der Waals surface area (Å²) in [5.74, 6) is -0.947. The Morgan fingerprint density at radius 1 is 1.35 bits per heavy atom. The first-order valence-corrected chi connectivity index (χ1v) is 7.88. The van der Waals surface area contributed by atoms with E-state index in [0.717, 1.165) is 12.8 Å². The second kappa shape index (κ2) is 6.34. The first-order valence-electron chi connectivity index (χ1n) is 6.39. The maximum Gasteiger partial charge on any atom is 0.307 e. The Labute approximate surface area is 117 Å². The summed E-state index contributed by atoms with van der Waals surface area (Å²) in [5.41, 5.74) is 0.565. The number of rotatable bonds is 6. The molecule has 1 saturated heterocycles. The van der Waals surface area contributed by atoms with Gasteiger partial charge in [-0.3, -0.25) is 4.79 Å². The van der Waals surface area contributed by atoms with Gasteiger partial charge in [-0.2, -0.15) is 0 Å². The molecule has 20 heavy (non-hydrogen) atoms. The van der Waals surface area contributed by atoms with Crippen LogP contribution >= 0.6 is 0 Å². The van der Waals surface area contributed by atoms with Crippen molar-refractivity contribution in [3.05, 3.63) is 29.8 Å². The minimum absolute atomic E-state index is 0.0592. The maximum atomic E-state index is 12.0. The zero-order chi connectivity index (χ0) is 14.6. The van der Waals surface area contributed by atoms with Gasteiger partial charge in [-0.05, 0) is 30.5 Å². The Morgan fingerprint density at radius 2 is 2.05 bits per heavy atom. The summed E-state index contributed by atoms with van der Waals surface area (Å²) in [4.78, 5) is 10.7. The van der Waals surface area contributed by atoms with Crippen LogP contribution in [0.15, 0.2) is 29.2 Å². The molecule has 7 heteroatoms. The van der Waals surface area contributed by atoms with E-state index in [2.05, 4.69) is 4.72 Å². The number of benzene rings is 1. The molecule has 1 aromatic rings. The Morgan fingerprint density at radius 3 is 2.60 bits per heavy atom. The Hall–Kier alpha value is -1.44. The van der Waals surface area contributed by atoms with E-state index in [9.17, 15) is 13.2 Å². The fourth-order valence-electron chi connectivity index (χ4n) is 2.05. The zero-order valence-corrected chi connectivity index (χ0v) is 11.7. The molecule has 0 amide bonds. The first kappa shape index (κ1) is 15.0. The SMILES string of the molecule is O=C(O)Cc1ccc(S(=O)(=O)NCC2CCCO2)cc1. The second-order valence-corrected chi connectivity index (χ2v) is 6.47. The molecule has 0 aromatic heterocycles. The molecule has 0 bridgehead atoms. The van der Waals surface area contributed by atoms with Crippen LogP contribution in [0.25, 0.3) is 0 Å². The summed E-state index contributed by atoms with van der Waals surface area (Å²) in [5, 5.41) is 8.66. The van der Waals surface area contributed by atoms with Gasteiger partial charge >= 0.3 is 5.97 Å². The molecule has 1 atom stereocenters. The highest BCUT2D eigenvalue weighted by atomic mass is 32.2. The van der Waals surface area contributed by atoms with Crippen LogP contribution < -0.4 is 4.72 Å². The standard InChI is InChI=1S/C13H17NO5S/c15-13(16)8-10-3-5-12(6-4-10)20(17,18)14-9-11-2-1-7-19-11/h3-6,11,14H,1-2,7-9H2,(H,15,16). The summed E-state index contributed by atoms with van der Waals surface area (Å²) in [6.07, 6.45) is 1.64. The average molecular weight is 299 g/mol. The number of hydrogen-bond donors (Lipinski definition) is 2. The van der Waals surface area contributed by atoms with E-state index in [-0.39, 0.29) is 24.0 Å². The van der Waals surface area contributed by atoms with Gasteiger partial charge in [0.1, 0.15) is 0 Å². The Kier molecular flexibility index (Phi) is 4.74. The number of ether oxygens (including phenoxy) is 1. The largest absolute Gasteiger partial charge is 0.481 e. The molecule has 1 aliphatic rings. The fourth-order valence-corrected chi connectivity index (χ4v) is 3.12. The Balaban J connectivity index is 1.99. The van der Waals surface area contributed by atoms with Crippen LogP contribution in [0.1, 0.15) is 18.4 Å². The predicted octanol–water partition coefficient (Wildman–Crippen LogP) is 0.771. The number of carbonyl (C=O) groups is 1. The topological polar surface area (TPSA) is 92.7 Å². The number of aliphatic carboxylic acids is 1. The van der Waals surface area contributed by atoms with E-state index in [1.54, 1.807) is 0 Å². The van der Waals surface area contributed by atoms with Gasteiger partial charge in [0.25, 0.3) is 0 Å². The highest BCUT2D eigenvalue weighted by molar-refractivity contribution is 7.89. The number of carboxylic acids is 1. The molecular formula is C13H17NO5S. The monoisotopic (exact) mass is 299 g/mol. The number of sulfonamides is 1. The van der Waals surface area contributed by atoms with E-state index in [1.165, 1.54) is 24.3 Å². The van der Waals surface area contributed by atoms with Crippen LogP contribution in [0, 0.1) is 0 Å². The van der Waals surface area contributed by atoms with Gasteiger partial charge in [-0.1, -0.05) is 12.1 Å². The molecular weight excluding hydrogens is 282 g/mol. The van der Waals surface area contributed by atoms with E-state index >= 15 is 0 Å². The molecule has 2 rings (SSSR count). The second-order valence-electron chi connectivity index (χ2n) is 4.70. The molecule has 110 valence electrons. The van der Waals surface area contributed by atoms with Crippen molar-refractivity contribution >= 4 is 16.0 Å². The van der Waals surface area contributed by atoms with Crippen LogP contribution in [0.2, 0.25) is 0 Å². The molecule has 1 fully saturated rings. The van der Waals surface area contributed by atoms with Crippen LogP contribution in [0.4, 0.5) is 0 Å².